The first-order chi connectivity index (χ1) is 10.9. The first kappa shape index (κ1) is 17.0. The summed E-state index contributed by atoms with van der Waals surface area (Å²) in [7, 11) is -3.91. The Morgan fingerprint density at radius 2 is 1.65 bits per heavy atom. The van der Waals surface area contributed by atoms with Gasteiger partial charge in [-0.1, -0.05) is 48.0 Å². The fourth-order valence-electron chi connectivity index (χ4n) is 2.26. The maximum atomic E-state index is 12.6. The van der Waals surface area contributed by atoms with Crippen LogP contribution >= 0.6 is 0 Å². The smallest absolute Gasteiger partial charge is 0.328 e. The Morgan fingerprint density at radius 3 is 2.22 bits per heavy atom. The average molecular weight is 332 g/mol. The summed E-state index contributed by atoms with van der Waals surface area (Å²) < 4.78 is 25.8. The standard InChI is InChI=1S/C17H20N2O3S/c1-14-9-11-16(12-10-14)23(21,22)19(17(18)20)13-5-8-15-6-3-2-4-7-15/h2-4,6-7,9-12H,5,8,13H2,1H3,(H2,18,20). The molecule has 0 aromatic heterocycles. The van der Waals surface area contributed by atoms with Crippen LogP contribution in [0.1, 0.15) is 17.5 Å². The number of carbonyl (C=O) groups excluding carboxylic acids is 1. The van der Waals surface area contributed by atoms with E-state index >= 15 is 0 Å². The van der Waals surface area contributed by atoms with Gasteiger partial charge in [0.15, 0.2) is 0 Å². The van der Waals surface area contributed by atoms with E-state index in [0.717, 1.165) is 15.4 Å². The fraction of sp³-hybridized carbons (Fsp3) is 0.235. The van der Waals surface area contributed by atoms with E-state index < -0.39 is 16.1 Å². The van der Waals surface area contributed by atoms with Crippen molar-refractivity contribution in [3.05, 3.63) is 65.7 Å². The molecule has 0 aliphatic rings. The number of benzene rings is 2. The van der Waals surface area contributed by atoms with Crippen molar-refractivity contribution in [3.8, 4) is 0 Å². The maximum absolute atomic E-state index is 12.6. The van der Waals surface area contributed by atoms with Crippen molar-refractivity contribution < 1.29 is 13.2 Å². The summed E-state index contributed by atoms with van der Waals surface area (Å²) in [5, 5.41) is 0. The highest BCUT2D eigenvalue weighted by Gasteiger charge is 2.27. The quantitative estimate of drug-likeness (QED) is 0.883. The molecule has 23 heavy (non-hydrogen) atoms. The predicted octanol–water partition coefficient (Wildman–Crippen LogP) is 2.70. The van der Waals surface area contributed by atoms with E-state index in [4.69, 9.17) is 5.73 Å². The zero-order chi connectivity index (χ0) is 16.9. The van der Waals surface area contributed by atoms with Crippen molar-refractivity contribution in [3.63, 3.8) is 0 Å². The maximum Gasteiger partial charge on any atom is 0.328 e. The molecule has 2 rings (SSSR count). The molecule has 0 atom stereocenters. The second kappa shape index (κ2) is 7.28. The number of primary amides is 1. The molecule has 0 heterocycles. The van der Waals surface area contributed by atoms with Crippen LogP contribution in [0.15, 0.2) is 59.5 Å². The van der Waals surface area contributed by atoms with Gasteiger partial charge in [-0.05, 0) is 37.5 Å². The number of nitrogens with zero attached hydrogens (tertiary/aromatic N) is 1. The molecule has 0 radical (unpaired) electrons. The van der Waals surface area contributed by atoms with Gasteiger partial charge in [-0.2, -0.15) is 0 Å². The Balaban J connectivity index is 2.11. The number of urea groups is 1. The Hall–Kier alpha value is -2.34. The molecule has 0 saturated carbocycles. The van der Waals surface area contributed by atoms with E-state index in [2.05, 4.69) is 0 Å². The van der Waals surface area contributed by atoms with Gasteiger partial charge in [-0.15, -0.1) is 0 Å². The summed E-state index contributed by atoms with van der Waals surface area (Å²) in [5.74, 6) is 0. The third-order valence-electron chi connectivity index (χ3n) is 3.52. The van der Waals surface area contributed by atoms with Gasteiger partial charge in [0.2, 0.25) is 0 Å². The van der Waals surface area contributed by atoms with Crippen LogP contribution in [-0.4, -0.2) is 25.3 Å². The van der Waals surface area contributed by atoms with Crippen LogP contribution in [0, 0.1) is 6.92 Å². The molecule has 2 amide bonds. The number of hydrogen-bond acceptors (Lipinski definition) is 3. The summed E-state index contributed by atoms with van der Waals surface area (Å²) in [6.07, 6.45) is 1.19. The number of nitrogens with two attached hydrogens (primary N) is 1. The van der Waals surface area contributed by atoms with Crippen LogP contribution < -0.4 is 5.73 Å². The molecule has 0 unspecified atom stereocenters. The molecule has 5 nitrogen and oxygen atoms in total. The number of carbonyl (C=O) groups is 1. The van der Waals surface area contributed by atoms with Crippen molar-refractivity contribution in [2.24, 2.45) is 5.73 Å². The summed E-state index contributed by atoms with van der Waals surface area (Å²) in [4.78, 5) is 11.7. The van der Waals surface area contributed by atoms with Crippen LogP contribution in [0.25, 0.3) is 0 Å². The predicted molar refractivity (Wildman–Crippen MR) is 89.4 cm³/mol. The summed E-state index contributed by atoms with van der Waals surface area (Å²) in [5.41, 5.74) is 7.31. The minimum atomic E-state index is -3.91. The lowest BCUT2D eigenvalue weighted by atomic mass is 10.1. The number of rotatable bonds is 6. The normalized spacial score (nSPS) is 11.2. The lowest BCUT2D eigenvalue weighted by Crippen LogP contribution is -2.41. The van der Waals surface area contributed by atoms with Gasteiger partial charge in [0.1, 0.15) is 0 Å². The first-order valence-corrected chi connectivity index (χ1v) is 8.78. The van der Waals surface area contributed by atoms with Crippen LogP contribution in [-0.2, 0) is 16.4 Å². The molecule has 0 bridgehead atoms. The van der Waals surface area contributed by atoms with Crippen molar-refractivity contribution >= 4 is 16.1 Å². The van der Waals surface area contributed by atoms with Crippen LogP contribution in [0.5, 0.6) is 0 Å². The Bertz CT molecular complexity index is 756. The molecule has 0 saturated heterocycles. The highest BCUT2D eigenvalue weighted by atomic mass is 32.2. The first-order valence-electron chi connectivity index (χ1n) is 7.34. The summed E-state index contributed by atoms with van der Waals surface area (Å²) in [6, 6.07) is 15.1. The zero-order valence-electron chi connectivity index (χ0n) is 13.0. The Kier molecular flexibility index (Phi) is 5.39. The second-order valence-corrected chi connectivity index (χ2v) is 7.18. The van der Waals surface area contributed by atoms with E-state index in [1.807, 2.05) is 37.3 Å². The number of amides is 2. The average Bonchev–Trinajstić information content (AvgIpc) is 2.52. The van der Waals surface area contributed by atoms with E-state index in [0.29, 0.717) is 12.8 Å². The van der Waals surface area contributed by atoms with Crippen molar-refractivity contribution in [2.75, 3.05) is 6.54 Å². The van der Waals surface area contributed by atoms with E-state index in [-0.39, 0.29) is 11.4 Å². The number of sulfonamides is 1. The van der Waals surface area contributed by atoms with Gasteiger partial charge in [0.05, 0.1) is 4.90 Å². The second-order valence-electron chi connectivity index (χ2n) is 5.32. The molecule has 0 spiro atoms. The topological polar surface area (TPSA) is 80.5 Å². The summed E-state index contributed by atoms with van der Waals surface area (Å²) in [6.45, 7) is 1.92. The van der Waals surface area contributed by atoms with E-state index in [1.165, 1.54) is 12.1 Å². The van der Waals surface area contributed by atoms with Crippen LogP contribution in [0.2, 0.25) is 0 Å². The van der Waals surface area contributed by atoms with E-state index in [9.17, 15) is 13.2 Å². The molecule has 6 heteroatoms. The van der Waals surface area contributed by atoms with Gasteiger partial charge in [-0.25, -0.2) is 17.5 Å². The molecule has 0 aliphatic heterocycles. The van der Waals surface area contributed by atoms with Gasteiger partial charge in [0.25, 0.3) is 10.0 Å². The lowest BCUT2D eigenvalue weighted by molar-refractivity contribution is 0.231. The Morgan fingerprint density at radius 1 is 1.04 bits per heavy atom. The largest absolute Gasteiger partial charge is 0.351 e. The van der Waals surface area contributed by atoms with E-state index in [1.54, 1.807) is 12.1 Å². The highest BCUT2D eigenvalue weighted by molar-refractivity contribution is 7.89. The molecule has 0 aliphatic carbocycles. The third kappa shape index (κ3) is 4.32. The number of hydrogen-bond donors (Lipinski definition) is 1. The molecule has 0 fully saturated rings. The molecular formula is C17H20N2O3S. The minimum absolute atomic E-state index is 0.0560. The van der Waals surface area contributed by atoms with Gasteiger partial charge < -0.3 is 5.73 Å². The third-order valence-corrected chi connectivity index (χ3v) is 5.33. The zero-order valence-corrected chi connectivity index (χ0v) is 13.8. The number of aryl methyl sites for hydroxylation is 2. The molecular weight excluding hydrogens is 312 g/mol. The molecule has 122 valence electrons. The van der Waals surface area contributed by atoms with Crippen molar-refractivity contribution in [2.45, 2.75) is 24.7 Å². The van der Waals surface area contributed by atoms with Crippen molar-refractivity contribution in [1.82, 2.24) is 4.31 Å². The van der Waals surface area contributed by atoms with Crippen LogP contribution in [0.4, 0.5) is 4.79 Å². The Labute approximate surface area is 136 Å². The molecule has 2 aromatic rings. The fourth-order valence-corrected chi connectivity index (χ4v) is 3.60. The highest BCUT2D eigenvalue weighted by Crippen LogP contribution is 2.17. The SMILES string of the molecule is Cc1ccc(S(=O)(=O)N(CCCc2ccccc2)C(N)=O)cc1. The van der Waals surface area contributed by atoms with Gasteiger partial charge in [-0.3, -0.25) is 0 Å². The monoisotopic (exact) mass is 332 g/mol. The summed E-state index contributed by atoms with van der Waals surface area (Å²) >= 11 is 0. The lowest BCUT2D eigenvalue weighted by Gasteiger charge is -2.20. The van der Waals surface area contributed by atoms with Gasteiger partial charge >= 0.3 is 6.03 Å². The van der Waals surface area contributed by atoms with Crippen molar-refractivity contribution in [1.29, 1.82) is 0 Å². The molecule has 2 aromatic carbocycles. The minimum Gasteiger partial charge on any atom is -0.351 e. The van der Waals surface area contributed by atoms with Crippen LogP contribution in [0.3, 0.4) is 0 Å². The van der Waals surface area contributed by atoms with Gasteiger partial charge in [0, 0.05) is 6.54 Å². The molecule has 2 N–H and O–H groups in total.